The average molecular weight is 477 g/mol. The molecule has 1 heterocycles. The van der Waals surface area contributed by atoms with Gasteiger partial charge in [-0.15, -0.1) is 0 Å². The maximum atomic E-state index is 13.5. The van der Waals surface area contributed by atoms with Crippen LogP contribution in [0.4, 0.5) is 0 Å². The highest BCUT2D eigenvalue weighted by atomic mass is 32.2. The van der Waals surface area contributed by atoms with Crippen molar-refractivity contribution >= 4 is 15.9 Å². The number of amides is 1. The molecule has 1 aromatic heterocycles. The van der Waals surface area contributed by atoms with Gasteiger partial charge in [-0.1, -0.05) is 30.3 Å². The van der Waals surface area contributed by atoms with Crippen LogP contribution in [0.25, 0.3) is 16.9 Å². The summed E-state index contributed by atoms with van der Waals surface area (Å²) in [7, 11) is -3.79. The van der Waals surface area contributed by atoms with E-state index in [0.29, 0.717) is 11.4 Å². The molecule has 0 atom stereocenters. The van der Waals surface area contributed by atoms with Crippen LogP contribution in [0.3, 0.4) is 0 Å². The molecule has 0 saturated heterocycles. The van der Waals surface area contributed by atoms with E-state index in [4.69, 9.17) is 5.14 Å². The van der Waals surface area contributed by atoms with Crippen LogP contribution in [-0.4, -0.2) is 29.6 Å². The minimum Gasteiger partial charge on any atom is -0.345 e. The van der Waals surface area contributed by atoms with E-state index in [2.05, 4.69) is 10.4 Å². The number of nitrogens with two attached hydrogens (primary N) is 1. The first kappa shape index (κ1) is 21.6. The van der Waals surface area contributed by atoms with Gasteiger partial charge in [0.15, 0.2) is 5.69 Å². The molecule has 4 aliphatic carbocycles. The minimum absolute atomic E-state index is 0.0319. The third-order valence-corrected chi connectivity index (χ3v) is 8.77. The molecule has 7 rings (SSSR count). The van der Waals surface area contributed by atoms with Crippen LogP contribution < -0.4 is 10.5 Å². The molecule has 176 valence electrons. The fraction of sp³-hybridized carbons (Fsp3) is 0.385. The summed E-state index contributed by atoms with van der Waals surface area (Å²) >= 11 is 0. The normalized spacial score (nSPS) is 27.6. The second-order valence-electron chi connectivity index (χ2n) is 10.4. The summed E-state index contributed by atoms with van der Waals surface area (Å²) in [6.07, 6.45) is 7.17. The number of carbonyl (C=O) groups excluding carboxylic acids is 1. The van der Waals surface area contributed by atoms with Crippen LogP contribution in [0, 0.1) is 17.8 Å². The van der Waals surface area contributed by atoms with Gasteiger partial charge in [-0.25, -0.2) is 18.2 Å². The monoisotopic (exact) mass is 476 g/mol. The second-order valence-corrected chi connectivity index (χ2v) is 11.9. The number of benzene rings is 2. The summed E-state index contributed by atoms with van der Waals surface area (Å²) < 4.78 is 25.0. The smallest absolute Gasteiger partial charge is 0.272 e. The first-order chi connectivity index (χ1) is 16.3. The molecule has 0 aliphatic heterocycles. The lowest BCUT2D eigenvalue weighted by Gasteiger charge is -2.56. The van der Waals surface area contributed by atoms with Gasteiger partial charge in [-0.3, -0.25) is 4.79 Å². The number of primary sulfonamides is 1. The molecule has 0 radical (unpaired) electrons. The molecule has 4 fully saturated rings. The van der Waals surface area contributed by atoms with Crippen molar-refractivity contribution in [3.8, 4) is 16.9 Å². The number of hydrogen-bond donors (Lipinski definition) is 2. The molecule has 1 amide bonds. The van der Waals surface area contributed by atoms with Crippen molar-refractivity contribution < 1.29 is 13.2 Å². The zero-order valence-corrected chi connectivity index (χ0v) is 19.7. The Bertz CT molecular complexity index is 1310. The van der Waals surface area contributed by atoms with Crippen molar-refractivity contribution in [2.45, 2.75) is 49.0 Å². The van der Waals surface area contributed by atoms with Crippen molar-refractivity contribution in [1.82, 2.24) is 15.1 Å². The van der Waals surface area contributed by atoms with Gasteiger partial charge in [0.05, 0.1) is 16.3 Å². The van der Waals surface area contributed by atoms with Crippen molar-refractivity contribution in [3.63, 3.8) is 0 Å². The Morgan fingerprint density at radius 1 is 0.941 bits per heavy atom. The zero-order chi connectivity index (χ0) is 23.5. The zero-order valence-electron chi connectivity index (χ0n) is 18.9. The van der Waals surface area contributed by atoms with Gasteiger partial charge in [0.1, 0.15) is 0 Å². The summed E-state index contributed by atoms with van der Waals surface area (Å²) in [6, 6.07) is 17.8. The van der Waals surface area contributed by atoms with Crippen LogP contribution in [0.15, 0.2) is 65.6 Å². The molecule has 0 unspecified atom stereocenters. The minimum atomic E-state index is -3.79. The number of hydrogen-bond acceptors (Lipinski definition) is 4. The van der Waals surface area contributed by atoms with Crippen molar-refractivity contribution in [2.24, 2.45) is 22.9 Å². The van der Waals surface area contributed by atoms with Crippen molar-refractivity contribution in [1.29, 1.82) is 0 Å². The van der Waals surface area contributed by atoms with Gasteiger partial charge in [0.25, 0.3) is 5.91 Å². The highest BCUT2D eigenvalue weighted by Gasteiger charge is 2.51. The first-order valence-corrected chi connectivity index (χ1v) is 13.4. The van der Waals surface area contributed by atoms with Crippen molar-refractivity contribution in [3.05, 3.63) is 66.4 Å². The number of rotatable bonds is 5. The van der Waals surface area contributed by atoms with Crippen LogP contribution in [-0.2, 0) is 10.0 Å². The quantitative estimate of drug-likeness (QED) is 0.583. The second kappa shape index (κ2) is 7.78. The lowest BCUT2D eigenvalue weighted by atomic mass is 9.53. The molecule has 34 heavy (non-hydrogen) atoms. The summed E-state index contributed by atoms with van der Waals surface area (Å²) in [6.45, 7) is 0. The molecular weight excluding hydrogens is 448 g/mol. The van der Waals surface area contributed by atoms with Crippen LogP contribution in [0.2, 0.25) is 0 Å². The summed E-state index contributed by atoms with van der Waals surface area (Å²) in [4.78, 5) is 13.5. The Morgan fingerprint density at radius 3 is 2.09 bits per heavy atom. The number of nitrogens with zero attached hydrogens (tertiary/aromatic N) is 2. The van der Waals surface area contributed by atoms with Crippen LogP contribution >= 0.6 is 0 Å². The lowest BCUT2D eigenvalue weighted by molar-refractivity contribution is -0.0167. The topological polar surface area (TPSA) is 107 Å². The molecule has 0 spiro atoms. The highest BCUT2D eigenvalue weighted by Crippen LogP contribution is 2.55. The van der Waals surface area contributed by atoms with E-state index >= 15 is 0 Å². The third kappa shape index (κ3) is 3.84. The van der Waals surface area contributed by atoms with E-state index in [-0.39, 0.29) is 16.3 Å². The molecule has 4 aliphatic rings. The van der Waals surface area contributed by atoms with Gasteiger partial charge >= 0.3 is 0 Å². The largest absolute Gasteiger partial charge is 0.345 e. The fourth-order valence-electron chi connectivity index (χ4n) is 6.85. The van der Waals surface area contributed by atoms with E-state index < -0.39 is 10.0 Å². The van der Waals surface area contributed by atoms with E-state index in [0.717, 1.165) is 48.3 Å². The number of nitrogens with one attached hydrogen (secondary N) is 1. The van der Waals surface area contributed by atoms with Crippen molar-refractivity contribution in [2.75, 3.05) is 0 Å². The van der Waals surface area contributed by atoms with Gasteiger partial charge in [0.2, 0.25) is 10.0 Å². The summed E-state index contributed by atoms with van der Waals surface area (Å²) in [5, 5.41) is 13.3. The Labute approximate surface area is 199 Å². The van der Waals surface area contributed by atoms with E-state index in [1.807, 2.05) is 36.4 Å². The maximum Gasteiger partial charge on any atom is 0.272 e. The maximum absolute atomic E-state index is 13.5. The average Bonchev–Trinajstić information content (AvgIpc) is 3.24. The third-order valence-electron chi connectivity index (χ3n) is 7.84. The highest BCUT2D eigenvalue weighted by molar-refractivity contribution is 7.89. The van der Waals surface area contributed by atoms with E-state index in [9.17, 15) is 13.2 Å². The molecule has 4 bridgehead atoms. The Balaban J connectivity index is 1.35. The number of sulfonamides is 1. The first-order valence-electron chi connectivity index (χ1n) is 11.9. The van der Waals surface area contributed by atoms with Crippen LogP contribution in [0.1, 0.15) is 49.0 Å². The predicted octanol–water partition coefficient (Wildman–Crippen LogP) is 3.89. The Morgan fingerprint density at radius 2 is 1.53 bits per heavy atom. The Kier molecular flexibility index (Phi) is 4.93. The van der Waals surface area contributed by atoms with E-state index in [1.165, 1.54) is 31.4 Å². The molecule has 8 heteroatoms. The Hall–Kier alpha value is -2.97. The fourth-order valence-corrected chi connectivity index (χ4v) is 7.36. The molecule has 4 saturated carbocycles. The predicted molar refractivity (Wildman–Crippen MR) is 129 cm³/mol. The van der Waals surface area contributed by atoms with Gasteiger partial charge in [-0.2, -0.15) is 5.10 Å². The lowest BCUT2D eigenvalue weighted by Crippen LogP contribution is -2.59. The molecule has 7 nitrogen and oxygen atoms in total. The SMILES string of the molecule is NS(=O)(=O)c1ccc(-n2nc(C(=O)NC34CC5CC(CC(C5)C3)C4)cc2-c2ccccc2)cc1. The van der Waals surface area contributed by atoms with Crippen LogP contribution in [0.5, 0.6) is 0 Å². The molecule has 2 aromatic carbocycles. The number of aromatic nitrogens is 2. The van der Waals surface area contributed by atoms with E-state index in [1.54, 1.807) is 16.8 Å². The standard InChI is InChI=1S/C26H28N4O3S/c27-34(32,33)22-8-6-21(7-9-22)30-24(20-4-2-1-3-5-20)13-23(29-30)25(31)28-26-14-17-10-18(15-26)12-19(11-17)16-26/h1-9,13,17-19H,10-12,14-16H2,(H,28,31)(H2,27,32,33). The molecular formula is C26H28N4O3S. The summed E-state index contributed by atoms with van der Waals surface area (Å²) in [5.41, 5.74) is 2.60. The molecule has 3 N–H and O–H groups in total. The number of carbonyl (C=O) groups is 1. The van der Waals surface area contributed by atoms with Gasteiger partial charge < -0.3 is 5.32 Å². The molecule has 3 aromatic rings. The van der Waals surface area contributed by atoms with Gasteiger partial charge in [0, 0.05) is 11.1 Å². The van der Waals surface area contributed by atoms with Gasteiger partial charge in [-0.05, 0) is 86.6 Å². The summed E-state index contributed by atoms with van der Waals surface area (Å²) in [5.74, 6) is 2.07.